The van der Waals surface area contributed by atoms with Gasteiger partial charge in [0.05, 0.1) is 0 Å². The summed E-state index contributed by atoms with van der Waals surface area (Å²) in [5.41, 5.74) is 3.03. The van der Waals surface area contributed by atoms with E-state index >= 15 is 0 Å². The lowest BCUT2D eigenvalue weighted by molar-refractivity contribution is 0.874. The minimum atomic E-state index is 1.04. The van der Waals surface area contributed by atoms with E-state index < -0.39 is 0 Å². The second-order valence-corrected chi connectivity index (χ2v) is 3.78. The molecule has 14 heavy (non-hydrogen) atoms. The van der Waals surface area contributed by atoms with Crippen molar-refractivity contribution in [3.8, 4) is 0 Å². The Morgan fingerprint density at radius 2 is 2.00 bits per heavy atom. The monoisotopic (exact) mass is 192 g/mol. The maximum atomic E-state index is 3.76. The predicted octanol–water partition coefficient (Wildman–Crippen LogP) is 5.04. The van der Waals surface area contributed by atoms with E-state index in [1.165, 1.54) is 36.8 Å². The summed E-state index contributed by atoms with van der Waals surface area (Å²) in [6.07, 6.45) is 12.5. The van der Waals surface area contributed by atoms with Gasteiger partial charge in [-0.05, 0) is 39.5 Å². The van der Waals surface area contributed by atoms with E-state index in [0.29, 0.717) is 0 Å². The van der Waals surface area contributed by atoms with Crippen molar-refractivity contribution in [2.75, 3.05) is 0 Å². The minimum absolute atomic E-state index is 1.04. The van der Waals surface area contributed by atoms with Crippen LogP contribution >= 0.6 is 0 Å². The lowest BCUT2D eigenvalue weighted by Gasteiger charge is -2.02. The Balaban J connectivity index is 3.81. The van der Waals surface area contributed by atoms with Gasteiger partial charge < -0.3 is 0 Å². The fourth-order valence-corrected chi connectivity index (χ4v) is 1.55. The minimum Gasteiger partial charge on any atom is -0.103 e. The summed E-state index contributed by atoms with van der Waals surface area (Å²) in [4.78, 5) is 0. The molecule has 0 heteroatoms. The second-order valence-electron chi connectivity index (χ2n) is 3.78. The molecule has 0 aromatic carbocycles. The van der Waals surface area contributed by atoms with Gasteiger partial charge in [-0.25, -0.2) is 0 Å². The molecule has 0 saturated heterocycles. The van der Waals surface area contributed by atoms with Crippen molar-refractivity contribution in [3.63, 3.8) is 0 Å². The van der Waals surface area contributed by atoms with E-state index in [0.717, 1.165) is 6.42 Å². The van der Waals surface area contributed by atoms with Gasteiger partial charge in [0, 0.05) is 0 Å². The van der Waals surface area contributed by atoms with Gasteiger partial charge in [0.1, 0.15) is 0 Å². The summed E-state index contributed by atoms with van der Waals surface area (Å²) in [6, 6.07) is 0. The van der Waals surface area contributed by atoms with Gasteiger partial charge in [0.25, 0.3) is 0 Å². The van der Waals surface area contributed by atoms with Crippen LogP contribution in [0, 0.1) is 0 Å². The molecule has 0 heterocycles. The average molecular weight is 192 g/mol. The molecule has 0 aromatic heterocycles. The molecular weight excluding hydrogens is 168 g/mol. The molecule has 0 spiro atoms. The molecule has 0 saturated carbocycles. The summed E-state index contributed by atoms with van der Waals surface area (Å²) in [6.45, 7) is 10.3. The maximum Gasteiger partial charge on any atom is -0.0142 e. The molecule has 0 nitrogen and oxygen atoms in total. The van der Waals surface area contributed by atoms with E-state index in [2.05, 4.69) is 39.5 Å². The van der Waals surface area contributed by atoms with E-state index in [-0.39, 0.29) is 0 Å². The third-order valence-corrected chi connectivity index (χ3v) is 2.42. The van der Waals surface area contributed by atoms with Crippen LogP contribution in [0.15, 0.2) is 36.0 Å². The van der Waals surface area contributed by atoms with Gasteiger partial charge in [-0.1, -0.05) is 42.7 Å². The first-order valence-corrected chi connectivity index (χ1v) is 5.65. The first-order chi connectivity index (χ1) is 6.74. The van der Waals surface area contributed by atoms with Gasteiger partial charge in [0.2, 0.25) is 0 Å². The zero-order chi connectivity index (χ0) is 10.8. The Morgan fingerprint density at radius 1 is 1.29 bits per heavy atom. The molecule has 80 valence electrons. The second kappa shape index (κ2) is 8.80. The Bertz CT molecular complexity index is 206. The lowest BCUT2D eigenvalue weighted by atomic mass is 10.0. The highest BCUT2D eigenvalue weighted by Crippen LogP contribution is 2.13. The number of rotatable bonds is 7. The fraction of sp³-hybridized carbons (Fsp3) is 0.571. The molecule has 0 N–H and O–H groups in total. The highest BCUT2D eigenvalue weighted by Gasteiger charge is 1.92. The van der Waals surface area contributed by atoms with Crippen molar-refractivity contribution in [2.45, 2.75) is 52.9 Å². The van der Waals surface area contributed by atoms with Gasteiger partial charge in [0.15, 0.2) is 0 Å². The summed E-state index contributed by atoms with van der Waals surface area (Å²) in [7, 11) is 0. The largest absolute Gasteiger partial charge is 0.103 e. The van der Waals surface area contributed by atoms with Gasteiger partial charge in [-0.2, -0.15) is 0 Å². The topological polar surface area (TPSA) is 0 Å². The summed E-state index contributed by atoms with van der Waals surface area (Å²) < 4.78 is 0. The summed E-state index contributed by atoms with van der Waals surface area (Å²) in [5, 5.41) is 0. The normalized spacial score (nSPS) is 13.1. The smallest absolute Gasteiger partial charge is 0.0142 e. The molecule has 0 radical (unpaired) electrons. The molecule has 0 unspecified atom stereocenters. The molecule has 0 rings (SSSR count). The molecule has 0 aliphatic carbocycles. The van der Waals surface area contributed by atoms with Gasteiger partial charge in [-0.15, -0.1) is 6.58 Å². The lowest BCUT2D eigenvalue weighted by Crippen LogP contribution is -1.82. The molecule has 0 aromatic rings. The quantitative estimate of drug-likeness (QED) is 0.496. The van der Waals surface area contributed by atoms with Crippen LogP contribution < -0.4 is 0 Å². The van der Waals surface area contributed by atoms with E-state index in [1.807, 2.05) is 6.08 Å². The molecule has 0 aliphatic heterocycles. The van der Waals surface area contributed by atoms with Crippen LogP contribution in [0.1, 0.15) is 52.9 Å². The number of allylic oxidation sites excluding steroid dienone is 5. The molecule has 0 aliphatic rings. The molecule has 0 bridgehead atoms. The van der Waals surface area contributed by atoms with Crippen molar-refractivity contribution >= 4 is 0 Å². The average Bonchev–Trinajstić information content (AvgIpc) is 2.17. The Labute approximate surface area is 89.4 Å². The Kier molecular flexibility index (Phi) is 8.31. The van der Waals surface area contributed by atoms with Crippen molar-refractivity contribution in [3.05, 3.63) is 36.0 Å². The highest BCUT2D eigenvalue weighted by molar-refractivity contribution is 5.07. The van der Waals surface area contributed by atoms with Gasteiger partial charge >= 0.3 is 0 Å². The molecule has 0 amide bonds. The fourth-order valence-electron chi connectivity index (χ4n) is 1.55. The predicted molar refractivity (Wildman–Crippen MR) is 66.5 cm³/mol. The Morgan fingerprint density at radius 3 is 2.50 bits per heavy atom. The van der Waals surface area contributed by atoms with E-state index in [9.17, 15) is 0 Å². The van der Waals surface area contributed by atoms with Crippen LogP contribution in [0.3, 0.4) is 0 Å². The first kappa shape index (κ1) is 13.2. The molecule has 0 atom stereocenters. The third kappa shape index (κ3) is 6.71. The van der Waals surface area contributed by atoms with Crippen LogP contribution in [0.5, 0.6) is 0 Å². The molecular formula is C14H24. The zero-order valence-electron chi connectivity index (χ0n) is 9.97. The van der Waals surface area contributed by atoms with Crippen LogP contribution in [0.25, 0.3) is 0 Å². The summed E-state index contributed by atoms with van der Waals surface area (Å²) in [5.74, 6) is 0. The zero-order valence-corrected chi connectivity index (χ0v) is 9.97. The summed E-state index contributed by atoms with van der Waals surface area (Å²) >= 11 is 0. The van der Waals surface area contributed by atoms with Crippen molar-refractivity contribution in [1.29, 1.82) is 0 Å². The van der Waals surface area contributed by atoms with Gasteiger partial charge in [-0.3, -0.25) is 0 Å². The van der Waals surface area contributed by atoms with Crippen molar-refractivity contribution in [1.82, 2.24) is 0 Å². The van der Waals surface area contributed by atoms with Crippen LogP contribution in [-0.4, -0.2) is 0 Å². The third-order valence-electron chi connectivity index (χ3n) is 2.42. The van der Waals surface area contributed by atoms with Crippen LogP contribution in [0.2, 0.25) is 0 Å². The van der Waals surface area contributed by atoms with Crippen LogP contribution in [-0.2, 0) is 0 Å². The highest BCUT2D eigenvalue weighted by atomic mass is 14.0. The maximum absolute atomic E-state index is 3.76. The van der Waals surface area contributed by atoms with Crippen molar-refractivity contribution in [2.24, 2.45) is 0 Å². The van der Waals surface area contributed by atoms with Crippen molar-refractivity contribution < 1.29 is 0 Å². The molecule has 0 fully saturated rings. The van der Waals surface area contributed by atoms with Crippen LogP contribution in [0.4, 0.5) is 0 Å². The first-order valence-electron chi connectivity index (χ1n) is 5.65. The number of hydrogen-bond acceptors (Lipinski definition) is 0. The standard InChI is InChI=1S/C14H24/c1-5-9-13(4)11-8-12-14(7-3)10-6-2/h6-7,11H,2,5,8-10,12H2,1,3-4H3/b13-11+,14-7?. The Hall–Kier alpha value is -0.780. The SMILES string of the molecule is C=CCC(=CC)CC/C=C(\C)CCC. The van der Waals surface area contributed by atoms with E-state index in [4.69, 9.17) is 0 Å². The number of hydrogen-bond donors (Lipinski definition) is 0. The van der Waals surface area contributed by atoms with E-state index in [1.54, 1.807) is 0 Å².